The minimum atomic E-state index is 0.264. The zero-order chi connectivity index (χ0) is 15.1. The molecule has 1 aromatic carbocycles. The number of halogens is 2. The molecule has 1 aromatic rings. The Morgan fingerprint density at radius 1 is 1.25 bits per heavy atom. The summed E-state index contributed by atoms with van der Waals surface area (Å²) < 4.78 is 6.49. The predicted molar refractivity (Wildman–Crippen MR) is 90.8 cm³/mol. The predicted octanol–water partition coefficient (Wildman–Crippen LogP) is 5.59. The second-order valence-corrected chi connectivity index (χ2v) is 6.40. The molecule has 2 nitrogen and oxygen atoms in total. The van der Waals surface area contributed by atoms with Gasteiger partial charge in [-0.2, -0.15) is 0 Å². The Kier molecular flexibility index (Phi) is 7.93. The molecule has 0 radical (unpaired) electrons. The number of rotatable bonds is 8. The Labute approximate surface area is 136 Å². The Hall–Kier alpha value is -0.250. The SMILES string of the molecule is CCCC(CCC)C(NC)c1cc(Cl)cc(Br)c1OC. The van der Waals surface area contributed by atoms with Gasteiger partial charge in [-0.15, -0.1) is 0 Å². The maximum absolute atomic E-state index is 6.23. The number of hydrogen-bond acceptors (Lipinski definition) is 2. The van der Waals surface area contributed by atoms with Crippen LogP contribution in [0.25, 0.3) is 0 Å². The van der Waals surface area contributed by atoms with Crippen LogP contribution >= 0.6 is 27.5 Å². The molecule has 1 unspecified atom stereocenters. The second kappa shape index (κ2) is 8.91. The van der Waals surface area contributed by atoms with E-state index in [1.807, 2.05) is 19.2 Å². The number of benzene rings is 1. The monoisotopic (exact) mass is 361 g/mol. The first-order chi connectivity index (χ1) is 9.58. The Bertz CT molecular complexity index is 419. The molecule has 0 bridgehead atoms. The molecule has 0 heterocycles. The molecule has 1 N–H and O–H groups in total. The number of hydrogen-bond donors (Lipinski definition) is 1. The molecule has 0 saturated heterocycles. The van der Waals surface area contributed by atoms with Crippen molar-refractivity contribution in [2.45, 2.75) is 45.6 Å². The zero-order valence-corrected chi connectivity index (χ0v) is 15.1. The summed E-state index contributed by atoms with van der Waals surface area (Å²) in [6, 6.07) is 4.16. The first-order valence-corrected chi connectivity index (χ1v) is 8.46. The second-order valence-electron chi connectivity index (χ2n) is 5.11. The number of ether oxygens (including phenoxy) is 1. The Morgan fingerprint density at radius 3 is 2.30 bits per heavy atom. The van der Waals surface area contributed by atoms with Crippen LogP contribution in [-0.2, 0) is 0 Å². The van der Waals surface area contributed by atoms with Crippen molar-refractivity contribution in [1.82, 2.24) is 5.32 Å². The fourth-order valence-electron chi connectivity index (χ4n) is 2.89. The summed E-state index contributed by atoms with van der Waals surface area (Å²) >= 11 is 9.77. The lowest BCUT2D eigenvalue weighted by Crippen LogP contribution is -2.26. The maximum atomic E-state index is 6.23. The van der Waals surface area contributed by atoms with Crippen LogP contribution in [0, 0.1) is 5.92 Å². The molecule has 0 aliphatic carbocycles. The first kappa shape index (κ1) is 17.8. The maximum Gasteiger partial charge on any atom is 0.137 e. The van der Waals surface area contributed by atoms with E-state index in [1.54, 1.807) is 7.11 Å². The average molecular weight is 363 g/mol. The lowest BCUT2D eigenvalue weighted by Gasteiger charge is -2.28. The normalized spacial score (nSPS) is 12.8. The number of methoxy groups -OCH3 is 1. The molecular weight excluding hydrogens is 338 g/mol. The molecule has 4 heteroatoms. The van der Waals surface area contributed by atoms with Crippen LogP contribution in [-0.4, -0.2) is 14.2 Å². The quantitative estimate of drug-likeness (QED) is 0.651. The van der Waals surface area contributed by atoms with E-state index in [4.69, 9.17) is 16.3 Å². The average Bonchev–Trinajstić information content (AvgIpc) is 2.39. The Balaban J connectivity index is 3.21. The van der Waals surface area contributed by atoms with Crippen molar-refractivity contribution in [3.05, 3.63) is 27.2 Å². The van der Waals surface area contributed by atoms with Gasteiger partial charge < -0.3 is 10.1 Å². The molecule has 20 heavy (non-hydrogen) atoms. The van der Waals surface area contributed by atoms with Gasteiger partial charge in [-0.1, -0.05) is 38.3 Å². The van der Waals surface area contributed by atoms with Gasteiger partial charge in [0.25, 0.3) is 0 Å². The fourth-order valence-corrected chi connectivity index (χ4v) is 3.89. The van der Waals surface area contributed by atoms with Gasteiger partial charge in [0.1, 0.15) is 5.75 Å². The lowest BCUT2D eigenvalue weighted by atomic mass is 9.86. The van der Waals surface area contributed by atoms with Gasteiger partial charge in [-0.25, -0.2) is 0 Å². The van der Waals surface area contributed by atoms with E-state index in [9.17, 15) is 0 Å². The molecule has 114 valence electrons. The molecule has 0 spiro atoms. The Morgan fingerprint density at radius 2 is 1.85 bits per heavy atom. The van der Waals surface area contributed by atoms with Gasteiger partial charge in [-0.3, -0.25) is 0 Å². The summed E-state index contributed by atoms with van der Waals surface area (Å²) in [6.45, 7) is 4.47. The van der Waals surface area contributed by atoms with E-state index in [1.165, 1.54) is 25.7 Å². The van der Waals surface area contributed by atoms with Gasteiger partial charge in [0.15, 0.2) is 0 Å². The molecule has 0 aromatic heterocycles. The molecule has 1 atom stereocenters. The van der Waals surface area contributed by atoms with Crippen molar-refractivity contribution in [2.24, 2.45) is 5.92 Å². The summed E-state index contributed by atoms with van der Waals surface area (Å²) in [4.78, 5) is 0. The standard InChI is InChI=1S/C16H25BrClNO/c1-5-7-11(8-6-2)15(19-3)13-9-12(18)10-14(17)16(13)20-4/h9-11,15,19H,5-8H2,1-4H3. The van der Waals surface area contributed by atoms with Crippen LogP contribution in [0.15, 0.2) is 16.6 Å². The molecule has 0 amide bonds. The van der Waals surface area contributed by atoms with E-state index in [0.717, 1.165) is 20.8 Å². The van der Waals surface area contributed by atoms with Crippen LogP contribution in [0.4, 0.5) is 0 Å². The lowest BCUT2D eigenvalue weighted by molar-refractivity contribution is 0.317. The van der Waals surface area contributed by atoms with Gasteiger partial charge in [-0.05, 0) is 53.9 Å². The van der Waals surface area contributed by atoms with Gasteiger partial charge in [0, 0.05) is 16.6 Å². The molecule has 1 rings (SSSR count). The van der Waals surface area contributed by atoms with Crippen molar-refractivity contribution in [2.75, 3.05) is 14.2 Å². The summed E-state index contributed by atoms with van der Waals surface area (Å²) in [5, 5.41) is 4.19. The molecule has 0 aliphatic heterocycles. The van der Waals surface area contributed by atoms with Crippen LogP contribution < -0.4 is 10.1 Å². The molecule has 0 aliphatic rings. The zero-order valence-electron chi connectivity index (χ0n) is 12.8. The van der Waals surface area contributed by atoms with Crippen LogP contribution in [0.3, 0.4) is 0 Å². The first-order valence-electron chi connectivity index (χ1n) is 7.29. The highest BCUT2D eigenvalue weighted by atomic mass is 79.9. The largest absolute Gasteiger partial charge is 0.495 e. The van der Waals surface area contributed by atoms with E-state index in [0.29, 0.717) is 5.92 Å². The highest BCUT2D eigenvalue weighted by Crippen LogP contribution is 2.40. The summed E-state index contributed by atoms with van der Waals surface area (Å²) in [5.41, 5.74) is 1.14. The highest BCUT2D eigenvalue weighted by Gasteiger charge is 2.25. The van der Waals surface area contributed by atoms with E-state index < -0.39 is 0 Å². The third-order valence-corrected chi connectivity index (χ3v) is 4.48. The third-order valence-electron chi connectivity index (χ3n) is 3.68. The molecular formula is C16H25BrClNO. The highest BCUT2D eigenvalue weighted by molar-refractivity contribution is 9.10. The molecule has 0 fully saturated rings. The molecule has 0 saturated carbocycles. The summed E-state index contributed by atoms with van der Waals surface area (Å²) in [6.07, 6.45) is 4.78. The van der Waals surface area contributed by atoms with Crippen molar-refractivity contribution < 1.29 is 4.74 Å². The van der Waals surface area contributed by atoms with Gasteiger partial charge >= 0.3 is 0 Å². The minimum Gasteiger partial charge on any atom is -0.495 e. The van der Waals surface area contributed by atoms with Crippen molar-refractivity contribution >= 4 is 27.5 Å². The van der Waals surface area contributed by atoms with Gasteiger partial charge in [0.2, 0.25) is 0 Å². The summed E-state index contributed by atoms with van der Waals surface area (Å²) in [7, 11) is 3.72. The van der Waals surface area contributed by atoms with E-state index in [-0.39, 0.29) is 6.04 Å². The van der Waals surface area contributed by atoms with Crippen molar-refractivity contribution in [3.63, 3.8) is 0 Å². The third kappa shape index (κ3) is 4.37. The van der Waals surface area contributed by atoms with Crippen LogP contribution in [0.2, 0.25) is 5.02 Å². The van der Waals surface area contributed by atoms with Gasteiger partial charge in [0.05, 0.1) is 11.6 Å². The number of nitrogens with one attached hydrogen (secondary N) is 1. The van der Waals surface area contributed by atoms with Crippen molar-refractivity contribution in [3.8, 4) is 5.75 Å². The van der Waals surface area contributed by atoms with E-state index >= 15 is 0 Å². The van der Waals surface area contributed by atoms with E-state index in [2.05, 4.69) is 35.1 Å². The smallest absolute Gasteiger partial charge is 0.137 e. The minimum absolute atomic E-state index is 0.264. The fraction of sp³-hybridized carbons (Fsp3) is 0.625. The van der Waals surface area contributed by atoms with Crippen molar-refractivity contribution in [1.29, 1.82) is 0 Å². The summed E-state index contributed by atoms with van der Waals surface area (Å²) in [5.74, 6) is 1.47. The van der Waals surface area contributed by atoms with Crippen LogP contribution in [0.5, 0.6) is 5.75 Å². The van der Waals surface area contributed by atoms with Crippen LogP contribution in [0.1, 0.15) is 51.1 Å². The topological polar surface area (TPSA) is 21.3 Å².